The number of carbonyl (C=O) groups is 1. The third-order valence-corrected chi connectivity index (χ3v) is 3.04. The van der Waals surface area contributed by atoms with Crippen LogP contribution in [0, 0.1) is 18.6 Å². The van der Waals surface area contributed by atoms with Crippen molar-refractivity contribution in [3.05, 3.63) is 52.9 Å². The summed E-state index contributed by atoms with van der Waals surface area (Å²) in [6.45, 7) is 1.41. The lowest BCUT2D eigenvalue weighted by atomic mass is 10.1. The van der Waals surface area contributed by atoms with Crippen molar-refractivity contribution in [1.29, 1.82) is 0 Å². The minimum Gasteiger partial charge on any atom is -0.352 e. The van der Waals surface area contributed by atoms with Crippen LogP contribution < -0.4 is 5.32 Å². The lowest BCUT2D eigenvalue weighted by Gasteiger charge is -2.08. The fourth-order valence-electron chi connectivity index (χ4n) is 1.82. The summed E-state index contributed by atoms with van der Waals surface area (Å²) < 4.78 is 27.2. The molecule has 6 heteroatoms. The molecular formula is C14H15F2N3O. The Labute approximate surface area is 115 Å². The van der Waals surface area contributed by atoms with Gasteiger partial charge in [0.1, 0.15) is 11.6 Å². The number of nitrogens with one attached hydrogen (secondary N) is 2. The van der Waals surface area contributed by atoms with Gasteiger partial charge in [-0.3, -0.25) is 9.89 Å². The molecule has 2 rings (SSSR count). The second-order valence-corrected chi connectivity index (χ2v) is 4.54. The summed E-state index contributed by atoms with van der Waals surface area (Å²) in [6.07, 6.45) is 4.11. The van der Waals surface area contributed by atoms with Crippen molar-refractivity contribution in [2.45, 2.75) is 26.3 Å². The molecule has 0 saturated carbocycles. The third kappa shape index (κ3) is 3.40. The Hall–Kier alpha value is -2.24. The molecule has 2 N–H and O–H groups in total. The van der Waals surface area contributed by atoms with E-state index in [0.717, 1.165) is 5.56 Å². The molecule has 0 saturated heterocycles. The fraction of sp³-hybridized carbons (Fsp3) is 0.286. The van der Waals surface area contributed by atoms with Crippen molar-refractivity contribution in [1.82, 2.24) is 15.5 Å². The summed E-state index contributed by atoms with van der Waals surface area (Å²) >= 11 is 0. The number of benzene rings is 1. The monoisotopic (exact) mass is 279 g/mol. The van der Waals surface area contributed by atoms with Gasteiger partial charge in [-0.2, -0.15) is 5.10 Å². The largest absolute Gasteiger partial charge is 0.352 e. The molecule has 0 fully saturated rings. The van der Waals surface area contributed by atoms with Crippen molar-refractivity contribution in [2.24, 2.45) is 0 Å². The maximum atomic E-state index is 13.7. The number of carbonyl (C=O) groups excluding carboxylic acids is 1. The van der Waals surface area contributed by atoms with E-state index in [1.807, 2.05) is 0 Å². The zero-order valence-electron chi connectivity index (χ0n) is 11.0. The quantitative estimate of drug-likeness (QED) is 0.882. The van der Waals surface area contributed by atoms with Crippen LogP contribution in [0.3, 0.4) is 0 Å². The van der Waals surface area contributed by atoms with Gasteiger partial charge in [-0.15, -0.1) is 0 Å². The molecule has 0 radical (unpaired) electrons. The molecule has 0 unspecified atom stereocenters. The molecule has 0 aliphatic rings. The second-order valence-electron chi connectivity index (χ2n) is 4.54. The highest BCUT2D eigenvalue weighted by Gasteiger charge is 2.12. The molecule has 0 spiro atoms. The van der Waals surface area contributed by atoms with Crippen molar-refractivity contribution in [3.8, 4) is 0 Å². The molecule has 0 bridgehead atoms. The number of aromatic amines is 1. The standard InChI is InChI=1S/C14H15F2N3O/c1-9-2-4-12(15)11(14(9)16)8-17-13(20)5-3-10-6-18-19-7-10/h2,4,6-7H,3,5,8H2,1H3,(H,17,20)(H,18,19). The van der Waals surface area contributed by atoms with Gasteiger partial charge < -0.3 is 5.32 Å². The highest BCUT2D eigenvalue weighted by atomic mass is 19.1. The molecule has 0 atom stereocenters. The van der Waals surface area contributed by atoms with Crippen LogP contribution in [0.5, 0.6) is 0 Å². The smallest absolute Gasteiger partial charge is 0.220 e. The first-order valence-corrected chi connectivity index (χ1v) is 6.25. The second kappa shape index (κ2) is 6.27. The van der Waals surface area contributed by atoms with E-state index >= 15 is 0 Å². The first-order chi connectivity index (χ1) is 9.58. The van der Waals surface area contributed by atoms with Crippen LogP contribution in [0.2, 0.25) is 0 Å². The summed E-state index contributed by atoms with van der Waals surface area (Å²) in [5.74, 6) is -1.52. The van der Waals surface area contributed by atoms with Gasteiger partial charge in [-0.05, 0) is 30.5 Å². The van der Waals surface area contributed by atoms with Crippen molar-refractivity contribution >= 4 is 5.91 Å². The Bertz CT molecular complexity index is 597. The maximum Gasteiger partial charge on any atom is 0.220 e. The van der Waals surface area contributed by atoms with E-state index < -0.39 is 11.6 Å². The Balaban J connectivity index is 1.89. The Kier molecular flexibility index (Phi) is 4.45. The Morgan fingerprint density at radius 3 is 2.90 bits per heavy atom. The number of aryl methyl sites for hydroxylation is 2. The number of hydrogen-bond acceptors (Lipinski definition) is 2. The van der Waals surface area contributed by atoms with E-state index in [1.165, 1.54) is 12.1 Å². The van der Waals surface area contributed by atoms with Crippen molar-refractivity contribution in [3.63, 3.8) is 0 Å². The topological polar surface area (TPSA) is 57.8 Å². The van der Waals surface area contributed by atoms with E-state index in [-0.39, 0.29) is 24.4 Å². The third-order valence-electron chi connectivity index (χ3n) is 3.04. The molecule has 0 aliphatic heterocycles. The highest BCUT2D eigenvalue weighted by Crippen LogP contribution is 2.16. The molecular weight excluding hydrogens is 264 g/mol. The van der Waals surface area contributed by atoms with Gasteiger partial charge in [0.15, 0.2) is 0 Å². The minimum absolute atomic E-state index is 0.110. The van der Waals surface area contributed by atoms with Gasteiger partial charge in [-0.1, -0.05) is 6.07 Å². The summed E-state index contributed by atoms with van der Waals surface area (Å²) in [5, 5.41) is 8.94. The number of H-pyrrole nitrogens is 1. The van der Waals surface area contributed by atoms with Gasteiger partial charge in [-0.25, -0.2) is 8.78 Å². The zero-order valence-corrected chi connectivity index (χ0v) is 11.0. The average molecular weight is 279 g/mol. The molecule has 1 aromatic carbocycles. The van der Waals surface area contributed by atoms with Gasteiger partial charge >= 0.3 is 0 Å². The lowest BCUT2D eigenvalue weighted by molar-refractivity contribution is -0.121. The molecule has 106 valence electrons. The van der Waals surface area contributed by atoms with E-state index in [4.69, 9.17) is 0 Å². The fourth-order valence-corrected chi connectivity index (χ4v) is 1.82. The predicted octanol–water partition coefficient (Wildman–Crippen LogP) is 2.25. The maximum absolute atomic E-state index is 13.7. The molecule has 2 aromatic rings. The molecule has 1 heterocycles. The van der Waals surface area contributed by atoms with Crippen LogP contribution in [-0.2, 0) is 17.8 Å². The van der Waals surface area contributed by atoms with Crippen molar-refractivity contribution < 1.29 is 13.6 Å². The summed E-state index contributed by atoms with van der Waals surface area (Å²) in [5.41, 5.74) is 1.16. The molecule has 4 nitrogen and oxygen atoms in total. The van der Waals surface area contributed by atoms with Crippen LogP contribution in [0.4, 0.5) is 8.78 Å². The van der Waals surface area contributed by atoms with E-state index in [1.54, 1.807) is 19.3 Å². The zero-order chi connectivity index (χ0) is 14.5. The molecule has 1 aromatic heterocycles. The van der Waals surface area contributed by atoms with Crippen LogP contribution in [0.1, 0.15) is 23.1 Å². The van der Waals surface area contributed by atoms with Gasteiger partial charge in [0.05, 0.1) is 6.20 Å². The number of nitrogens with zero attached hydrogens (tertiary/aromatic N) is 1. The normalized spacial score (nSPS) is 10.6. The lowest BCUT2D eigenvalue weighted by Crippen LogP contribution is -2.24. The summed E-state index contributed by atoms with van der Waals surface area (Å²) in [7, 11) is 0. The van der Waals surface area contributed by atoms with Crippen LogP contribution in [0.15, 0.2) is 24.5 Å². The number of amides is 1. The minimum atomic E-state index is -0.650. The first-order valence-electron chi connectivity index (χ1n) is 6.25. The summed E-state index contributed by atoms with van der Waals surface area (Å²) in [6, 6.07) is 2.57. The number of rotatable bonds is 5. The number of aromatic nitrogens is 2. The van der Waals surface area contributed by atoms with Gasteiger partial charge in [0.2, 0.25) is 5.91 Å². The summed E-state index contributed by atoms with van der Waals surface area (Å²) in [4.78, 5) is 11.6. The molecule has 20 heavy (non-hydrogen) atoms. The number of halogens is 2. The van der Waals surface area contributed by atoms with Crippen molar-refractivity contribution in [2.75, 3.05) is 0 Å². The first kappa shape index (κ1) is 14.2. The number of hydrogen-bond donors (Lipinski definition) is 2. The van der Waals surface area contributed by atoms with E-state index in [2.05, 4.69) is 15.5 Å². The predicted molar refractivity (Wildman–Crippen MR) is 69.9 cm³/mol. The average Bonchev–Trinajstić information content (AvgIpc) is 2.94. The Morgan fingerprint density at radius 1 is 1.40 bits per heavy atom. The van der Waals surface area contributed by atoms with E-state index in [0.29, 0.717) is 12.0 Å². The van der Waals surface area contributed by atoms with Gasteiger partial charge in [0, 0.05) is 24.7 Å². The molecule has 1 amide bonds. The van der Waals surface area contributed by atoms with Crippen LogP contribution in [-0.4, -0.2) is 16.1 Å². The van der Waals surface area contributed by atoms with Crippen LogP contribution in [0.25, 0.3) is 0 Å². The SMILES string of the molecule is Cc1ccc(F)c(CNC(=O)CCc2cn[nH]c2)c1F. The highest BCUT2D eigenvalue weighted by molar-refractivity contribution is 5.76. The Morgan fingerprint density at radius 2 is 2.20 bits per heavy atom. The van der Waals surface area contributed by atoms with Gasteiger partial charge in [0.25, 0.3) is 0 Å². The van der Waals surface area contributed by atoms with Crippen LogP contribution >= 0.6 is 0 Å². The molecule has 0 aliphatic carbocycles. The van der Waals surface area contributed by atoms with E-state index in [9.17, 15) is 13.6 Å².